The molecule has 0 bridgehead atoms. The summed E-state index contributed by atoms with van der Waals surface area (Å²) in [6.45, 7) is 3.67. The largest absolute Gasteiger partial charge is 0.481 e. The molecule has 0 aliphatic rings. The van der Waals surface area contributed by atoms with E-state index in [4.69, 9.17) is 9.52 Å². The lowest BCUT2D eigenvalue weighted by Gasteiger charge is -2.25. The summed E-state index contributed by atoms with van der Waals surface area (Å²) in [5.41, 5.74) is 0.271. The second kappa shape index (κ2) is 7.09. The maximum absolute atomic E-state index is 13.8. The zero-order valence-electron chi connectivity index (χ0n) is 13.0. The fourth-order valence-corrected chi connectivity index (χ4v) is 2.21. The first kappa shape index (κ1) is 16.7. The molecule has 1 heterocycles. The van der Waals surface area contributed by atoms with E-state index in [1.165, 1.54) is 23.1 Å². The van der Waals surface area contributed by atoms with Gasteiger partial charge < -0.3 is 14.4 Å². The molecule has 23 heavy (non-hydrogen) atoms. The summed E-state index contributed by atoms with van der Waals surface area (Å²) in [6, 6.07) is 8.95. The monoisotopic (exact) mass is 319 g/mol. The predicted octanol–water partition coefficient (Wildman–Crippen LogP) is 3.41. The third-order valence-electron chi connectivity index (χ3n) is 3.41. The number of carboxylic acid groups (broad SMARTS) is 1. The van der Waals surface area contributed by atoms with Gasteiger partial charge in [-0.05, 0) is 38.1 Å². The zero-order chi connectivity index (χ0) is 17.0. The SMILES string of the molecule is CC(C)N(CCC(=O)O)C(=O)c1ccc(-c2ccccc2F)o1. The Hall–Kier alpha value is -2.63. The predicted molar refractivity (Wildman–Crippen MR) is 82.5 cm³/mol. The van der Waals surface area contributed by atoms with E-state index in [0.717, 1.165) is 0 Å². The van der Waals surface area contributed by atoms with E-state index in [1.807, 2.05) is 0 Å². The van der Waals surface area contributed by atoms with Crippen molar-refractivity contribution < 1.29 is 23.5 Å². The fourth-order valence-electron chi connectivity index (χ4n) is 2.21. The Kier molecular flexibility index (Phi) is 5.16. The number of carboxylic acids is 1. The summed E-state index contributed by atoms with van der Waals surface area (Å²) in [5.74, 6) is -1.51. The van der Waals surface area contributed by atoms with Gasteiger partial charge in [0.25, 0.3) is 5.91 Å². The number of carbonyl (C=O) groups excluding carboxylic acids is 1. The molecular formula is C17H18FNO4. The Bertz CT molecular complexity index is 708. The zero-order valence-corrected chi connectivity index (χ0v) is 13.0. The van der Waals surface area contributed by atoms with Crippen molar-refractivity contribution in [2.75, 3.05) is 6.54 Å². The normalized spacial score (nSPS) is 10.8. The summed E-state index contributed by atoms with van der Waals surface area (Å²) in [7, 11) is 0. The van der Waals surface area contributed by atoms with Crippen molar-refractivity contribution >= 4 is 11.9 Å². The minimum Gasteiger partial charge on any atom is -0.481 e. The maximum atomic E-state index is 13.8. The van der Waals surface area contributed by atoms with Crippen molar-refractivity contribution in [2.24, 2.45) is 0 Å². The van der Waals surface area contributed by atoms with E-state index in [-0.39, 0.29) is 36.1 Å². The highest BCUT2D eigenvalue weighted by atomic mass is 19.1. The van der Waals surface area contributed by atoms with Gasteiger partial charge in [-0.25, -0.2) is 4.39 Å². The van der Waals surface area contributed by atoms with Crippen LogP contribution in [0.15, 0.2) is 40.8 Å². The van der Waals surface area contributed by atoms with Gasteiger partial charge in [0.05, 0.1) is 12.0 Å². The van der Waals surface area contributed by atoms with Gasteiger partial charge in [0, 0.05) is 12.6 Å². The van der Waals surface area contributed by atoms with Crippen molar-refractivity contribution in [1.82, 2.24) is 4.90 Å². The van der Waals surface area contributed by atoms with E-state index in [2.05, 4.69) is 0 Å². The maximum Gasteiger partial charge on any atom is 0.305 e. The Morgan fingerprint density at radius 1 is 1.22 bits per heavy atom. The molecule has 1 N–H and O–H groups in total. The highest BCUT2D eigenvalue weighted by Crippen LogP contribution is 2.25. The van der Waals surface area contributed by atoms with E-state index in [9.17, 15) is 14.0 Å². The molecule has 1 aromatic carbocycles. The number of rotatable bonds is 6. The highest BCUT2D eigenvalue weighted by Gasteiger charge is 2.23. The molecule has 6 heteroatoms. The molecule has 0 fully saturated rings. The van der Waals surface area contributed by atoms with Crippen molar-refractivity contribution in [3.63, 3.8) is 0 Å². The highest BCUT2D eigenvalue weighted by molar-refractivity contribution is 5.92. The number of furan rings is 1. The van der Waals surface area contributed by atoms with Crippen LogP contribution in [-0.2, 0) is 4.79 Å². The number of carbonyl (C=O) groups is 2. The van der Waals surface area contributed by atoms with Gasteiger partial charge in [-0.1, -0.05) is 12.1 Å². The van der Waals surface area contributed by atoms with Gasteiger partial charge in [0.1, 0.15) is 11.6 Å². The van der Waals surface area contributed by atoms with Crippen molar-refractivity contribution in [3.8, 4) is 11.3 Å². The molecule has 1 amide bonds. The molecule has 0 radical (unpaired) electrons. The quantitative estimate of drug-likeness (QED) is 0.885. The first-order valence-corrected chi connectivity index (χ1v) is 7.27. The average molecular weight is 319 g/mol. The van der Waals surface area contributed by atoms with Crippen LogP contribution < -0.4 is 0 Å². The lowest BCUT2D eigenvalue weighted by Crippen LogP contribution is -2.38. The Morgan fingerprint density at radius 2 is 1.91 bits per heavy atom. The molecule has 2 aromatic rings. The lowest BCUT2D eigenvalue weighted by atomic mass is 10.1. The van der Waals surface area contributed by atoms with Gasteiger partial charge in [-0.2, -0.15) is 0 Å². The van der Waals surface area contributed by atoms with Crippen LogP contribution in [0, 0.1) is 5.82 Å². The Balaban J connectivity index is 2.22. The molecular weight excluding hydrogens is 301 g/mol. The molecule has 0 spiro atoms. The molecule has 0 aliphatic heterocycles. The second-order valence-corrected chi connectivity index (χ2v) is 5.38. The molecule has 5 nitrogen and oxygen atoms in total. The number of benzene rings is 1. The van der Waals surface area contributed by atoms with E-state index < -0.39 is 17.7 Å². The number of hydrogen-bond acceptors (Lipinski definition) is 3. The van der Waals surface area contributed by atoms with Crippen LogP contribution in [0.25, 0.3) is 11.3 Å². The number of halogens is 1. The van der Waals surface area contributed by atoms with Gasteiger partial charge in [0.15, 0.2) is 5.76 Å². The van der Waals surface area contributed by atoms with E-state index in [0.29, 0.717) is 0 Å². The molecule has 0 saturated heterocycles. The van der Waals surface area contributed by atoms with E-state index >= 15 is 0 Å². The number of aliphatic carboxylic acids is 1. The first-order valence-electron chi connectivity index (χ1n) is 7.27. The van der Waals surface area contributed by atoms with Crippen LogP contribution in [0.3, 0.4) is 0 Å². The van der Waals surface area contributed by atoms with Gasteiger partial charge >= 0.3 is 5.97 Å². The van der Waals surface area contributed by atoms with Gasteiger partial charge in [-0.3, -0.25) is 9.59 Å². The van der Waals surface area contributed by atoms with Crippen LogP contribution in [-0.4, -0.2) is 34.5 Å². The third-order valence-corrected chi connectivity index (χ3v) is 3.41. The number of hydrogen-bond donors (Lipinski definition) is 1. The van der Waals surface area contributed by atoms with Gasteiger partial charge in [-0.15, -0.1) is 0 Å². The molecule has 0 aliphatic carbocycles. The summed E-state index contributed by atoms with van der Waals surface area (Å²) >= 11 is 0. The Morgan fingerprint density at radius 3 is 2.52 bits per heavy atom. The smallest absolute Gasteiger partial charge is 0.305 e. The van der Waals surface area contributed by atoms with Gasteiger partial charge in [0.2, 0.25) is 0 Å². The summed E-state index contributed by atoms with van der Waals surface area (Å²) in [4.78, 5) is 24.6. The fraction of sp³-hybridized carbons (Fsp3) is 0.294. The van der Waals surface area contributed by atoms with E-state index in [1.54, 1.807) is 32.0 Å². The molecule has 0 saturated carbocycles. The van der Waals surface area contributed by atoms with Crippen molar-refractivity contribution in [1.29, 1.82) is 0 Å². The topological polar surface area (TPSA) is 70.8 Å². The van der Waals surface area contributed by atoms with Crippen LogP contribution in [0.2, 0.25) is 0 Å². The molecule has 0 unspecified atom stereocenters. The van der Waals surface area contributed by atoms with Crippen molar-refractivity contribution in [2.45, 2.75) is 26.3 Å². The summed E-state index contributed by atoms with van der Waals surface area (Å²) in [6.07, 6.45) is -0.148. The van der Waals surface area contributed by atoms with Crippen molar-refractivity contribution in [3.05, 3.63) is 48.0 Å². The molecule has 1 aromatic heterocycles. The minimum absolute atomic E-state index is 0.0577. The lowest BCUT2D eigenvalue weighted by molar-refractivity contribution is -0.137. The standard InChI is InChI=1S/C17H18FNO4/c1-11(2)19(10-9-16(20)21)17(22)15-8-7-14(23-15)12-5-3-4-6-13(12)18/h3-8,11H,9-10H2,1-2H3,(H,20,21). The average Bonchev–Trinajstić information content (AvgIpc) is 2.96. The van der Waals surface area contributed by atoms with Crippen LogP contribution in [0.1, 0.15) is 30.8 Å². The first-order chi connectivity index (χ1) is 10.9. The second-order valence-electron chi connectivity index (χ2n) is 5.38. The van der Waals surface area contributed by atoms with Crippen LogP contribution >= 0.6 is 0 Å². The number of nitrogens with zero attached hydrogens (tertiary/aromatic N) is 1. The Labute approximate surface area is 133 Å². The molecule has 122 valence electrons. The van der Waals surface area contributed by atoms with Crippen LogP contribution in [0.4, 0.5) is 4.39 Å². The minimum atomic E-state index is -0.977. The molecule has 2 rings (SSSR count). The molecule has 0 atom stereocenters. The third kappa shape index (κ3) is 3.97. The summed E-state index contributed by atoms with van der Waals surface area (Å²) in [5, 5.41) is 8.78. The summed E-state index contributed by atoms with van der Waals surface area (Å²) < 4.78 is 19.2. The number of amides is 1. The van der Waals surface area contributed by atoms with Crippen LogP contribution in [0.5, 0.6) is 0 Å².